The lowest BCUT2D eigenvalue weighted by Crippen LogP contribution is -2.40. The number of benzene rings is 1. The minimum atomic E-state index is -0.538. The van der Waals surface area contributed by atoms with Crippen LogP contribution in [0.2, 0.25) is 0 Å². The van der Waals surface area contributed by atoms with Crippen molar-refractivity contribution in [1.82, 2.24) is 24.4 Å². The Balaban J connectivity index is 1.49. The zero-order chi connectivity index (χ0) is 22.9. The molecule has 0 spiro atoms. The van der Waals surface area contributed by atoms with E-state index in [1.54, 1.807) is 14.3 Å². The van der Waals surface area contributed by atoms with Crippen LogP contribution in [-0.4, -0.2) is 68.2 Å². The fourth-order valence-corrected chi connectivity index (χ4v) is 4.22. The SMILES string of the molecule is CC(C)(C)OC(=O)N1CCCN(C(=O)c2cccc(-c3cc(Br)c4ncnn4c3)c2)CC1. The molecule has 2 amide bonds. The molecule has 0 unspecified atom stereocenters. The normalized spacial score (nSPS) is 15.0. The molecule has 8 nitrogen and oxygen atoms in total. The van der Waals surface area contributed by atoms with Crippen LogP contribution in [-0.2, 0) is 4.74 Å². The first-order chi connectivity index (χ1) is 15.2. The van der Waals surface area contributed by atoms with Gasteiger partial charge < -0.3 is 14.5 Å². The molecule has 2 aromatic heterocycles. The van der Waals surface area contributed by atoms with E-state index >= 15 is 0 Å². The van der Waals surface area contributed by atoms with Crippen molar-refractivity contribution in [2.45, 2.75) is 32.8 Å². The largest absolute Gasteiger partial charge is 0.444 e. The summed E-state index contributed by atoms with van der Waals surface area (Å²) in [7, 11) is 0. The van der Waals surface area contributed by atoms with Gasteiger partial charge in [-0.15, -0.1) is 0 Å². The fourth-order valence-electron chi connectivity index (χ4n) is 3.69. The number of carbonyl (C=O) groups is 2. The minimum Gasteiger partial charge on any atom is -0.444 e. The first-order valence-corrected chi connectivity index (χ1v) is 11.4. The molecule has 0 N–H and O–H groups in total. The maximum atomic E-state index is 13.2. The molecule has 3 aromatic rings. The lowest BCUT2D eigenvalue weighted by Gasteiger charge is -2.26. The van der Waals surface area contributed by atoms with Crippen LogP contribution < -0.4 is 0 Å². The minimum absolute atomic E-state index is 0.0428. The Labute approximate surface area is 195 Å². The zero-order valence-corrected chi connectivity index (χ0v) is 20.0. The van der Waals surface area contributed by atoms with Gasteiger partial charge in [-0.25, -0.2) is 14.3 Å². The van der Waals surface area contributed by atoms with Crippen LogP contribution in [0.4, 0.5) is 4.79 Å². The summed E-state index contributed by atoms with van der Waals surface area (Å²) in [6.07, 6.45) is 3.77. The van der Waals surface area contributed by atoms with E-state index in [1.807, 2.05) is 57.3 Å². The predicted octanol–water partition coefficient (Wildman–Crippen LogP) is 4.24. The summed E-state index contributed by atoms with van der Waals surface area (Å²) in [6.45, 7) is 7.65. The van der Waals surface area contributed by atoms with E-state index in [-0.39, 0.29) is 12.0 Å². The smallest absolute Gasteiger partial charge is 0.410 e. The summed E-state index contributed by atoms with van der Waals surface area (Å²) in [5, 5.41) is 4.21. The molecule has 1 fully saturated rings. The van der Waals surface area contributed by atoms with Gasteiger partial charge in [-0.2, -0.15) is 5.10 Å². The van der Waals surface area contributed by atoms with Crippen LogP contribution in [0.3, 0.4) is 0 Å². The summed E-state index contributed by atoms with van der Waals surface area (Å²) in [4.78, 5) is 33.3. The summed E-state index contributed by atoms with van der Waals surface area (Å²) in [5.41, 5.74) is 2.66. The lowest BCUT2D eigenvalue weighted by molar-refractivity contribution is 0.0255. The van der Waals surface area contributed by atoms with Crippen LogP contribution in [0.15, 0.2) is 47.3 Å². The van der Waals surface area contributed by atoms with Crippen molar-refractivity contribution in [3.8, 4) is 11.1 Å². The fraction of sp³-hybridized carbons (Fsp3) is 0.391. The lowest BCUT2D eigenvalue weighted by atomic mass is 10.0. The second kappa shape index (κ2) is 8.90. The number of aromatic nitrogens is 3. The van der Waals surface area contributed by atoms with Gasteiger partial charge in [-0.1, -0.05) is 12.1 Å². The van der Waals surface area contributed by atoms with Crippen molar-refractivity contribution in [2.24, 2.45) is 0 Å². The van der Waals surface area contributed by atoms with E-state index in [4.69, 9.17) is 4.74 Å². The molecule has 168 valence electrons. The number of hydrogen-bond acceptors (Lipinski definition) is 5. The second-order valence-electron chi connectivity index (χ2n) is 8.80. The number of ether oxygens (including phenoxy) is 1. The average Bonchev–Trinajstić information content (AvgIpc) is 3.08. The predicted molar refractivity (Wildman–Crippen MR) is 124 cm³/mol. The standard InChI is InChI=1S/C23H26BrN5O3/c1-23(2,3)32-22(31)28-9-5-8-27(10-11-28)21(30)17-7-4-6-16(12-17)18-13-19(24)20-25-15-26-29(20)14-18/h4,6-7,12-15H,5,8-11H2,1-3H3. The molecule has 4 rings (SSSR count). The average molecular weight is 500 g/mol. The Morgan fingerprint density at radius 1 is 1.03 bits per heavy atom. The molecule has 1 aliphatic rings. The van der Waals surface area contributed by atoms with Crippen LogP contribution in [0.5, 0.6) is 0 Å². The third-order valence-electron chi connectivity index (χ3n) is 5.21. The molecule has 0 radical (unpaired) electrons. The maximum Gasteiger partial charge on any atom is 0.410 e. The number of fused-ring (bicyclic) bond motifs is 1. The molecular weight excluding hydrogens is 474 g/mol. The van der Waals surface area contributed by atoms with Crippen molar-refractivity contribution < 1.29 is 14.3 Å². The van der Waals surface area contributed by atoms with Crippen molar-refractivity contribution in [3.05, 3.63) is 52.9 Å². The molecule has 3 heterocycles. The monoisotopic (exact) mass is 499 g/mol. The quantitative estimate of drug-likeness (QED) is 0.526. The number of carbonyl (C=O) groups excluding carboxylic acids is 2. The van der Waals surface area contributed by atoms with E-state index in [0.717, 1.165) is 21.2 Å². The van der Waals surface area contributed by atoms with Crippen LogP contribution in [0.1, 0.15) is 37.6 Å². The highest BCUT2D eigenvalue weighted by Gasteiger charge is 2.26. The highest BCUT2D eigenvalue weighted by molar-refractivity contribution is 9.10. The summed E-state index contributed by atoms with van der Waals surface area (Å²) in [5.74, 6) is -0.0428. The Bertz CT molecular complexity index is 1150. The summed E-state index contributed by atoms with van der Waals surface area (Å²) in [6, 6.07) is 9.54. The van der Waals surface area contributed by atoms with Crippen molar-refractivity contribution >= 4 is 33.6 Å². The number of pyridine rings is 1. The Morgan fingerprint density at radius 2 is 1.78 bits per heavy atom. The molecule has 0 atom stereocenters. The van der Waals surface area contributed by atoms with Gasteiger partial charge in [0.25, 0.3) is 5.91 Å². The van der Waals surface area contributed by atoms with E-state index in [2.05, 4.69) is 26.0 Å². The van der Waals surface area contributed by atoms with E-state index < -0.39 is 5.60 Å². The van der Waals surface area contributed by atoms with Crippen LogP contribution >= 0.6 is 15.9 Å². The Morgan fingerprint density at radius 3 is 2.56 bits per heavy atom. The van der Waals surface area contributed by atoms with Crippen LogP contribution in [0.25, 0.3) is 16.8 Å². The van der Waals surface area contributed by atoms with Crippen molar-refractivity contribution in [2.75, 3.05) is 26.2 Å². The molecule has 0 aliphatic carbocycles. The molecule has 1 aliphatic heterocycles. The van der Waals surface area contributed by atoms with Gasteiger partial charge in [0.05, 0.1) is 4.47 Å². The third-order valence-corrected chi connectivity index (χ3v) is 5.79. The molecule has 0 saturated carbocycles. The third kappa shape index (κ3) is 4.93. The van der Waals surface area contributed by atoms with Gasteiger partial charge >= 0.3 is 6.09 Å². The highest BCUT2D eigenvalue weighted by Crippen LogP contribution is 2.26. The highest BCUT2D eigenvalue weighted by atomic mass is 79.9. The number of rotatable bonds is 2. The molecule has 1 saturated heterocycles. The number of nitrogens with zero attached hydrogens (tertiary/aromatic N) is 5. The van der Waals surface area contributed by atoms with Gasteiger partial charge in [0.1, 0.15) is 11.9 Å². The van der Waals surface area contributed by atoms with Crippen molar-refractivity contribution in [1.29, 1.82) is 0 Å². The van der Waals surface area contributed by atoms with Crippen LogP contribution in [0, 0.1) is 0 Å². The Kier molecular flexibility index (Phi) is 6.19. The van der Waals surface area contributed by atoms with Gasteiger partial charge in [0, 0.05) is 43.5 Å². The van der Waals surface area contributed by atoms with E-state index in [1.165, 1.54) is 6.33 Å². The number of amides is 2. The first kappa shape index (κ1) is 22.3. The summed E-state index contributed by atoms with van der Waals surface area (Å²) < 4.78 is 8.02. The first-order valence-electron chi connectivity index (χ1n) is 10.6. The second-order valence-corrected chi connectivity index (χ2v) is 9.65. The van der Waals surface area contributed by atoms with E-state index in [9.17, 15) is 9.59 Å². The molecular formula is C23H26BrN5O3. The van der Waals surface area contributed by atoms with Gasteiger partial charge in [-0.3, -0.25) is 4.79 Å². The number of halogens is 1. The molecule has 32 heavy (non-hydrogen) atoms. The van der Waals surface area contributed by atoms with Gasteiger partial charge in [0.15, 0.2) is 5.65 Å². The maximum absolute atomic E-state index is 13.2. The van der Waals surface area contributed by atoms with E-state index in [0.29, 0.717) is 38.2 Å². The Hall–Kier alpha value is -2.94. The van der Waals surface area contributed by atoms with Crippen molar-refractivity contribution in [3.63, 3.8) is 0 Å². The molecule has 1 aromatic carbocycles. The molecule has 9 heteroatoms. The number of hydrogen-bond donors (Lipinski definition) is 0. The van der Waals surface area contributed by atoms with Gasteiger partial charge in [-0.05, 0) is 66.9 Å². The molecule has 0 bridgehead atoms. The zero-order valence-electron chi connectivity index (χ0n) is 18.4. The van der Waals surface area contributed by atoms with Gasteiger partial charge in [0.2, 0.25) is 0 Å². The topological polar surface area (TPSA) is 80.0 Å². The summed E-state index contributed by atoms with van der Waals surface area (Å²) >= 11 is 3.54.